The van der Waals surface area contributed by atoms with Gasteiger partial charge in [-0.05, 0) is 67.8 Å². The minimum atomic E-state index is -0.290. The normalized spacial score (nSPS) is 14.5. The van der Waals surface area contributed by atoms with Crippen molar-refractivity contribution in [2.24, 2.45) is 0 Å². The van der Waals surface area contributed by atoms with Crippen LogP contribution in [0.15, 0.2) is 41.6 Å². The first-order chi connectivity index (χ1) is 15.9. The van der Waals surface area contributed by atoms with E-state index in [0.29, 0.717) is 17.5 Å². The molecule has 0 aliphatic carbocycles. The number of morpholine rings is 1. The Kier molecular flexibility index (Phi) is 7.57. The minimum Gasteiger partial charge on any atom is -0.379 e. The van der Waals surface area contributed by atoms with E-state index in [1.807, 2.05) is 24.5 Å². The second-order valence-corrected chi connectivity index (χ2v) is 9.32. The van der Waals surface area contributed by atoms with Crippen molar-refractivity contribution in [3.05, 3.63) is 64.5 Å². The number of hydrogen-bond donors (Lipinski definition) is 0. The molecule has 6 nitrogen and oxygen atoms in total. The lowest BCUT2D eigenvalue weighted by Gasteiger charge is -2.27. The van der Waals surface area contributed by atoms with Crippen molar-refractivity contribution >= 4 is 17.5 Å². The predicted octanol–water partition coefficient (Wildman–Crippen LogP) is 4.32. The van der Waals surface area contributed by atoms with Gasteiger partial charge in [0.15, 0.2) is 16.8 Å². The van der Waals surface area contributed by atoms with Gasteiger partial charge in [0, 0.05) is 37.3 Å². The average molecular weight is 469 g/mol. The second kappa shape index (κ2) is 10.6. The van der Waals surface area contributed by atoms with Gasteiger partial charge in [0.1, 0.15) is 5.82 Å². The Morgan fingerprint density at radius 1 is 1.00 bits per heavy atom. The monoisotopic (exact) mass is 468 g/mol. The van der Waals surface area contributed by atoms with Crippen LogP contribution in [0.3, 0.4) is 0 Å². The number of aromatic nitrogens is 3. The maximum Gasteiger partial charge on any atom is 0.191 e. The van der Waals surface area contributed by atoms with Crippen molar-refractivity contribution < 1.29 is 13.9 Å². The summed E-state index contributed by atoms with van der Waals surface area (Å²) in [4.78, 5) is 15.3. The number of nitrogens with zero attached hydrogens (tertiary/aromatic N) is 4. The van der Waals surface area contributed by atoms with Gasteiger partial charge in [-0.25, -0.2) is 4.39 Å². The lowest BCUT2D eigenvalue weighted by Crippen LogP contribution is -2.38. The molecule has 1 fully saturated rings. The predicted molar refractivity (Wildman–Crippen MR) is 128 cm³/mol. The molecule has 2 heterocycles. The van der Waals surface area contributed by atoms with Crippen molar-refractivity contribution in [1.29, 1.82) is 0 Å². The van der Waals surface area contributed by atoms with Gasteiger partial charge in [-0.1, -0.05) is 17.8 Å². The first-order valence-electron chi connectivity index (χ1n) is 11.2. The van der Waals surface area contributed by atoms with E-state index in [9.17, 15) is 9.18 Å². The molecule has 174 valence electrons. The zero-order valence-corrected chi connectivity index (χ0v) is 20.1. The number of carbonyl (C=O) groups excluding carboxylic acids is 1. The number of rotatable bonds is 8. The molecule has 0 atom stereocenters. The van der Waals surface area contributed by atoms with Crippen molar-refractivity contribution in [2.75, 3.05) is 38.6 Å². The highest BCUT2D eigenvalue weighted by molar-refractivity contribution is 7.99. The molecule has 3 aromatic rings. The van der Waals surface area contributed by atoms with Gasteiger partial charge in [0.2, 0.25) is 0 Å². The molecule has 0 spiro atoms. The minimum absolute atomic E-state index is 0.0756. The highest BCUT2D eigenvalue weighted by Gasteiger charge is 2.19. The molecule has 0 saturated carbocycles. The van der Waals surface area contributed by atoms with Crippen LogP contribution in [-0.4, -0.2) is 64.0 Å². The van der Waals surface area contributed by atoms with E-state index in [1.165, 1.54) is 29.5 Å². The number of benzene rings is 2. The number of halogens is 1. The van der Waals surface area contributed by atoms with Gasteiger partial charge in [-0.15, -0.1) is 10.2 Å². The first kappa shape index (κ1) is 23.6. The maximum atomic E-state index is 13.5. The molecule has 1 aliphatic heterocycles. The topological polar surface area (TPSA) is 60.2 Å². The summed E-state index contributed by atoms with van der Waals surface area (Å²) in [5, 5.41) is 9.47. The number of hydrogen-bond acceptors (Lipinski definition) is 6. The average Bonchev–Trinajstić information content (AvgIpc) is 3.22. The van der Waals surface area contributed by atoms with Gasteiger partial charge in [-0.3, -0.25) is 9.69 Å². The highest BCUT2D eigenvalue weighted by Crippen LogP contribution is 2.26. The number of aryl methyl sites for hydroxylation is 3. The summed E-state index contributed by atoms with van der Waals surface area (Å²) in [6.07, 6.45) is 0. The SMILES string of the molecule is Cc1cc(C)c(C(=O)CSc2nnc(-c3ccc(F)cc3)n2CCN2CCOCC2)cc1C. The third-order valence-electron chi connectivity index (χ3n) is 6.04. The Labute approximate surface area is 198 Å². The summed E-state index contributed by atoms with van der Waals surface area (Å²) < 4.78 is 20.9. The molecule has 1 aliphatic rings. The number of Topliss-reactive ketones (excluding diaryl/α,β-unsaturated/α-hetero) is 1. The van der Waals surface area contributed by atoms with Crippen LogP contribution in [0.1, 0.15) is 27.0 Å². The van der Waals surface area contributed by atoms with E-state index in [2.05, 4.69) is 28.1 Å². The Morgan fingerprint density at radius 3 is 2.42 bits per heavy atom. The molecule has 1 saturated heterocycles. The number of ether oxygens (including phenoxy) is 1. The van der Waals surface area contributed by atoms with E-state index < -0.39 is 0 Å². The van der Waals surface area contributed by atoms with Gasteiger partial charge in [0.05, 0.1) is 19.0 Å². The largest absolute Gasteiger partial charge is 0.379 e. The van der Waals surface area contributed by atoms with Crippen LogP contribution < -0.4 is 0 Å². The lowest BCUT2D eigenvalue weighted by atomic mass is 9.99. The quantitative estimate of drug-likeness (QED) is 0.363. The van der Waals surface area contributed by atoms with E-state index >= 15 is 0 Å². The van der Waals surface area contributed by atoms with Crippen LogP contribution in [-0.2, 0) is 11.3 Å². The summed E-state index contributed by atoms with van der Waals surface area (Å²) in [7, 11) is 0. The Balaban J connectivity index is 1.54. The molecule has 0 bridgehead atoms. The fourth-order valence-corrected chi connectivity index (χ4v) is 4.79. The number of carbonyl (C=O) groups is 1. The second-order valence-electron chi connectivity index (χ2n) is 8.38. The Morgan fingerprint density at radius 2 is 1.70 bits per heavy atom. The van der Waals surface area contributed by atoms with E-state index in [0.717, 1.165) is 55.1 Å². The standard InChI is InChI=1S/C25H29FN4O2S/c1-17-14-19(3)22(15-18(17)2)23(31)16-33-25-28-27-24(20-4-6-21(26)7-5-20)30(25)9-8-29-10-12-32-13-11-29/h4-7,14-15H,8-13,16H2,1-3H3. The third-order valence-corrected chi connectivity index (χ3v) is 7.00. The lowest BCUT2D eigenvalue weighted by molar-refractivity contribution is 0.0361. The number of thioether (sulfide) groups is 1. The van der Waals surface area contributed by atoms with Gasteiger partial charge < -0.3 is 9.30 Å². The first-order valence-corrected chi connectivity index (χ1v) is 12.1. The fourth-order valence-electron chi connectivity index (χ4n) is 3.94. The Hall–Kier alpha value is -2.55. The van der Waals surface area contributed by atoms with Crippen LogP contribution in [0.4, 0.5) is 4.39 Å². The zero-order valence-electron chi connectivity index (χ0n) is 19.3. The molecule has 4 rings (SSSR count). The van der Waals surface area contributed by atoms with Crippen molar-refractivity contribution in [3.8, 4) is 11.4 Å². The highest BCUT2D eigenvalue weighted by atomic mass is 32.2. The van der Waals surface area contributed by atoms with Gasteiger partial charge in [-0.2, -0.15) is 0 Å². The number of ketones is 1. The fraction of sp³-hybridized carbons (Fsp3) is 0.400. The molecule has 0 radical (unpaired) electrons. The third kappa shape index (κ3) is 5.69. The van der Waals surface area contributed by atoms with Crippen LogP contribution in [0, 0.1) is 26.6 Å². The van der Waals surface area contributed by atoms with Crippen molar-refractivity contribution in [1.82, 2.24) is 19.7 Å². The Bertz CT molecular complexity index is 1120. The zero-order chi connectivity index (χ0) is 23.4. The van der Waals surface area contributed by atoms with Crippen LogP contribution in [0.25, 0.3) is 11.4 Å². The van der Waals surface area contributed by atoms with Crippen molar-refractivity contribution in [3.63, 3.8) is 0 Å². The molecular formula is C25H29FN4O2S. The molecule has 2 aromatic carbocycles. The van der Waals surface area contributed by atoms with Gasteiger partial charge >= 0.3 is 0 Å². The van der Waals surface area contributed by atoms with E-state index in [4.69, 9.17) is 4.74 Å². The molecule has 0 unspecified atom stereocenters. The molecule has 8 heteroatoms. The summed E-state index contributed by atoms with van der Waals surface area (Å²) in [6, 6.07) is 10.3. The summed E-state index contributed by atoms with van der Waals surface area (Å²) >= 11 is 1.40. The molecule has 0 amide bonds. The van der Waals surface area contributed by atoms with Crippen LogP contribution in [0.2, 0.25) is 0 Å². The maximum absolute atomic E-state index is 13.5. The van der Waals surface area contributed by atoms with Gasteiger partial charge in [0.25, 0.3) is 0 Å². The molecule has 1 aromatic heterocycles. The summed E-state index contributed by atoms with van der Waals surface area (Å²) in [5.41, 5.74) is 4.84. The summed E-state index contributed by atoms with van der Waals surface area (Å²) in [6.45, 7) is 10.8. The summed E-state index contributed by atoms with van der Waals surface area (Å²) in [5.74, 6) is 0.747. The van der Waals surface area contributed by atoms with E-state index in [-0.39, 0.29) is 17.4 Å². The molecule has 33 heavy (non-hydrogen) atoms. The van der Waals surface area contributed by atoms with Crippen LogP contribution >= 0.6 is 11.8 Å². The smallest absolute Gasteiger partial charge is 0.191 e. The van der Waals surface area contributed by atoms with Crippen LogP contribution in [0.5, 0.6) is 0 Å². The van der Waals surface area contributed by atoms with Crippen molar-refractivity contribution in [2.45, 2.75) is 32.5 Å². The molecule has 0 N–H and O–H groups in total. The molecular weight excluding hydrogens is 439 g/mol. The van der Waals surface area contributed by atoms with E-state index in [1.54, 1.807) is 12.1 Å².